The van der Waals surface area contributed by atoms with Crippen molar-refractivity contribution in [2.24, 2.45) is 16.1 Å². The lowest BCUT2D eigenvalue weighted by molar-refractivity contribution is -0.135. The number of guanidine groups is 1. The van der Waals surface area contributed by atoms with E-state index in [2.05, 4.69) is 42.5 Å². The molecule has 1 amide bonds. The Morgan fingerprint density at radius 3 is 2.31 bits per heavy atom. The highest BCUT2D eigenvalue weighted by Crippen LogP contribution is 2.61. The smallest absolute Gasteiger partial charge is 0.262 e. The van der Waals surface area contributed by atoms with Gasteiger partial charge in [0.2, 0.25) is 0 Å². The molecule has 29 heavy (non-hydrogen) atoms. The van der Waals surface area contributed by atoms with Gasteiger partial charge in [0, 0.05) is 12.5 Å². The molecule has 4 heteroatoms. The summed E-state index contributed by atoms with van der Waals surface area (Å²) >= 11 is 0. The van der Waals surface area contributed by atoms with Crippen molar-refractivity contribution in [2.45, 2.75) is 56.4 Å². The van der Waals surface area contributed by atoms with Gasteiger partial charge in [0.15, 0.2) is 11.5 Å². The Bertz CT molecular complexity index is 1040. The highest BCUT2D eigenvalue weighted by Gasteiger charge is 2.65. The summed E-state index contributed by atoms with van der Waals surface area (Å²) in [6.07, 6.45) is 7.35. The normalized spacial score (nSPS) is 27.1. The molecule has 4 aliphatic rings. The number of rotatable bonds is 1. The van der Waals surface area contributed by atoms with Crippen LogP contribution >= 0.6 is 0 Å². The van der Waals surface area contributed by atoms with Crippen LogP contribution in [0.3, 0.4) is 0 Å². The van der Waals surface area contributed by atoms with Crippen molar-refractivity contribution in [3.8, 4) is 0 Å². The van der Waals surface area contributed by atoms with E-state index in [1.165, 1.54) is 35.1 Å². The van der Waals surface area contributed by atoms with Gasteiger partial charge in [-0.05, 0) is 78.7 Å². The molecule has 2 spiro atoms. The van der Waals surface area contributed by atoms with E-state index < -0.39 is 5.54 Å². The van der Waals surface area contributed by atoms with E-state index in [1.807, 2.05) is 0 Å². The molecule has 2 N–H and O–H groups in total. The predicted molar refractivity (Wildman–Crippen MR) is 114 cm³/mol. The second kappa shape index (κ2) is 5.71. The number of hydrogen-bond donors (Lipinski definition) is 1. The van der Waals surface area contributed by atoms with Gasteiger partial charge in [-0.3, -0.25) is 9.69 Å². The molecule has 1 unspecified atom stereocenters. The Morgan fingerprint density at radius 2 is 1.72 bits per heavy atom. The number of nitrogens with zero attached hydrogens (tertiary/aromatic N) is 2. The molecule has 1 saturated carbocycles. The van der Waals surface area contributed by atoms with Gasteiger partial charge in [0.25, 0.3) is 5.91 Å². The maximum absolute atomic E-state index is 13.8. The third-order valence-electron chi connectivity index (χ3n) is 7.97. The van der Waals surface area contributed by atoms with E-state index in [9.17, 15) is 4.79 Å². The average molecular weight is 386 g/mol. The summed E-state index contributed by atoms with van der Waals surface area (Å²) in [5.41, 5.74) is 11.8. The monoisotopic (exact) mass is 385 g/mol. The largest absolute Gasteiger partial charge is 0.369 e. The van der Waals surface area contributed by atoms with E-state index in [0.29, 0.717) is 11.9 Å². The number of aryl methyl sites for hydroxylation is 2. The fourth-order valence-corrected chi connectivity index (χ4v) is 6.15. The maximum Gasteiger partial charge on any atom is 0.262 e. The van der Waals surface area contributed by atoms with Gasteiger partial charge in [0.05, 0.1) is 0 Å². The molecule has 3 aliphatic carbocycles. The number of likely N-dealkylation sites (N-methyl/N-ethyl adjacent to an activating group) is 1. The molecule has 0 bridgehead atoms. The third-order valence-corrected chi connectivity index (χ3v) is 7.97. The van der Waals surface area contributed by atoms with E-state index in [1.54, 1.807) is 11.9 Å². The van der Waals surface area contributed by atoms with Crippen LogP contribution in [0.4, 0.5) is 0 Å². The molecule has 1 aliphatic heterocycles. The highest BCUT2D eigenvalue weighted by molar-refractivity contribution is 6.08. The summed E-state index contributed by atoms with van der Waals surface area (Å²) in [4.78, 5) is 20.4. The first-order valence-electron chi connectivity index (χ1n) is 10.9. The van der Waals surface area contributed by atoms with Gasteiger partial charge >= 0.3 is 0 Å². The topological polar surface area (TPSA) is 58.7 Å². The molecule has 1 fully saturated rings. The number of nitrogens with two attached hydrogens (primary N) is 1. The van der Waals surface area contributed by atoms with Crippen molar-refractivity contribution >= 4 is 11.9 Å². The Hall–Kier alpha value is -2.62. The van der Waals surface area contributed by atoms with Crippen molar-refractivity contribution in [3.05, 3.63) is 70.3 Å². The van der Waals surface area contributed by atoms with Gasteiger partial charge in [-0.15, -0.1) is 0 Å². The second-order valence-electron chi connectivity index (χ2n) is 9.46. The number of hydrogen-bond acceptors (Lipinski definition) is 3. The quantitative estimate of drug-likeness (QED) is 0.814. The molecule has 2 aromatic rings. The zero-order valence-electron chi connectivity index (χ0n) is 16.9. The van der Waals surface area contributed by atoms with Crippen molar-refractivity contribution in [1.82, 2.24) is 4.90 Å². The number of amides is 1. The van der Waals surface area contributed by atoms with Crippen molar-refractivity contribution < 1.29 is 4.79 Å². The molecule has 0 radical (unpaired) electrons. The minimum Gasteiger partial charge on any atom is -0.369 e. The van der Waals surface area contributed by atoms with Crippen LogP contribution in [0, 0.1) is 5.41 Å². The summed E-state index contributed by atoms with van der Waals surface area (Å²) < 4.78 is 0. The van der Waals surface area contributed by atoms with Gasteiger partial charge in [-0.2, -0.15) is 0 Å². The van der Waals surface area contributed by atoms with Crippen LogP contribution in [0.1, 0.15) is 59.4 Å². The fourth-order valence-electron chi connectivity index (χ4n) is 6.15. The van der Waals surface area contributed by atoms with E-state index in [-0.39, 0.29) is 11.3 Å². The first kappa shape index (κ1) is 17.3. The number of carbonyl (C=O) groups excluding carboxylic acids is 1. The Labute approximate surface area is 171 Å². The van der Waals surface area contributed by atoms with Crippen LogP contribution in [0.2, 0.25) is 0 Å². The molecule has 4 nitrogen and oxygen atoms in total. The molecule has 1 atom stereocenters. The van der Waals surface area contributed by atoms with E-state index in [4.69, 9.17) is 10.7 Å². The zero-order chi connectivity index (χ0) is 19.8. The summed E-state index contributed by atoms with van der Waals surface area (Å²) in [7, 11) is 1.78. The van der Waals surface area contributed by atoms with Crippen molar-refractivity contribution in [1.29, 1.82) is 0 Å². The Balaban J connectivity index is 1.53. The molecule has 0 saturated heterocycles. The maximum atomic E-state index is 13.8. The van der Waals surface area contributed by atoms with Crippen molar-refractivity contribution in [2.75, 3.05) is 7.05 Å². The Kier molecular flexibility index (Phi) is 3.40. The summed E-state index contributed by atoms with van der Waals surface area (Å²) in [5, 5.41) is 0. The summed E-state index contributed by atoms with van der Waals surface area (Å²) in [5.74, 6) is 1.08. The minimum atomic E-state index is -0.853. The van der Waals surface area contributed by atoms with Crippen LogP contribution in [0.25, 0.3) is 0 Å². The van der Waals surface area contributed by atoms with Crippen LogP contribution in [-0.2, 0) is 29.6 Å². The third kappa shape index (κ3) is 2.20. The Morgan fingerprint density at radius 1 is 1.03 bits per heavy atom. The lowest BCUT2D eigenvalue weighted by atomic mass is 9.65. The van der Waals surface area contributed by atoms with Crippen molar-refractivity contribution in [3.63, 3.8) is 0 Å². The standard InChI is InChI=1S/C25H27N3O/c1-28-22(29)25(27-23(28)26)21-14-19(18-6-7-18)8-9-20(21)15-24(25)12-10-16-4-2-3-5-17(16)11-13-24/h2-5,8-9,14,18H,6-7,10-13,15H2,1H3,(H2,26,27). The van der Waals surface area contributed by atoms with Gasteiger partial charge in [-0.1, -0.05) is 42.5 Å². The van der Waals surface area contributed by atoms with Crippen LogP contribution in [0.5, 0.6) is 0 Å². The number of aliphatic imine (C=N–C) groups is 1. The van der Waals surface area contributed by atoms with Gasteiger partial charge in [0.1, 0.15) is 0 Å². The fraction of sp³-hybridized carbons (Fsp3) is 0.440. The van der Waals surface area contributed by atoms with Crippen LogP contribution < -0.4 is 5.73 Å². The summed E-state index contributed by atoms with van der Waals surface area (Å²) in [6, 6.07) is 15.6. The molecule has 1 heterocycles. The predicted octanol–water partition coefficient (Wildman–Crippen LogP) is 3.67. The van der Waals surface area contributed by atoms with Crippen LogP contribution in [0.15, 0.2) is 47.5 Å². The molecule has 148 valence electrons. The van der Waals surface area contributed by atoms with Crippen LogP contribution in [-0.4, -0.2) is 23.8 Å². The molecule has 0 aromatic heterocycles. The average Bonchev–Trinajstić information content (AvgIpc) is 3.53. The lowest BCUT2D eigenvalue weighted by Gasteiger charge is -2.40. The first-order valence-corrected chi connectivity index (χ1v) is 10.9. The van der Waals surface area contributed by atoms with E-state index in [0.717, 1.165) is 37.7 Å². The SMILES string of the molecule is CN1C(=O)C2(N=C1N)c1cc(C3CC3)ccc1CC21CCc2ccccc2CC1. The minimum absolute atomic E-state index is 0.0626. The number of benzene rings is 2. The summed E-state index contributed by atoms with van der Waals surface area (Å²) in [6.45, 7) is 0. The van der Waals surface area contributed by atoms with E-state index >= 15 is 0 Å². The second-order valence-corrected chi connectivity index (χ2v) is 9.46. The molecular weight excluding hydrogens is 358 g/mol. The molecule has 6 rings (SSSR count). The van der Waals surface area contributed by atoms with Gasteiger partial charge < -0.3 is 5.73 Å². The zero-order valence-corrected chi connectivity index (χ0v) is 16.9. The molecule has 2 aromatic carbocycles. The number of carbonyl (C=O) groups is 1. The highest BCUT2D eigenvalue weighted by atomic mass is 16.2. The van der Waals surface area contributed by atoms with Gasteiger partial charge in [-0.25, -0.2) is 4.99 Å². The number of fused-ring (bicyclic) bond motifs is 4. The lowest BCUT2D eigenvalue weighted by Crippen LogP contribution is -2.49. The first-order chi connectivity index (χ1) is 14.0. The molecular formula is C25H27N3O.